The van der Waals surface area contributed by atoms with Gasteiger partial charge in [0, 0.05) is 23.7 Å². The summed E-state index contributed by atoms with van der Waals surface area (Å²) in [5, 5.41) is 4.94. The number of aromatic amines is 1. The smallest absolute Gasteiger partial charge is 0.305 e. The van der Waals surface area contributed by atoms with Gasteiger partial charge in [0.25, 0.3) is 5.91 Å². The summed E-state index contributed by atoms with van der Waals surface area (Å²) in [7, 11) is 0. The number of aromatic nitrogens is 4. The fraction of sp³-hybridized carbons (Fsp3) is 0.0833. The summed E-state index contributed by atoms with van der Waals surface area (Å²) in [6.45, 7) is 0.410. The molecule has 0 radical (unpaired) electrons. The predicted octanol–water partition coefficient (Wildman–Crippen LogP) is 3.77. The lowest BCUT2D eigenvalue weighted by molar-refractivity contribution is 0.0829. The Hall–Kier alpha value is -4.31. The maximum absolute atomic E-state index is 12.4. The molecular formula is C24H20N6O3S. The second-order valence-electron chi connectivity index (χ2n) is 7.42. The second kappa shape index (κ2) is 9.67. The molecule has 0 aliphatic heterocycles. The van der Waals surface area contributed by atoms with Crippen LogP contribution in [0.25, 0.3) is 11.0 Å². The van der Waals surface area contributed by atoms with Crippen LogP contribution in [0.5, 0.6) is 0 Å². The molecule has 0 bridgehead atoms. The van der Waals surface area contributed by atoms with Gasteiger partial charge in [-0.15, -0.1) is 0 Å². The standard InChI is InChI=1S/C24H20N6O3S/c31-22(28-29-23(32)21-11-10-18(33-21)14-30-13-3-12-25-30)17-8-6-16(7-9-17)15-34-24-26-19-4-1-2-5-20(19)27-24/h1-13H,14-15H2,(H,26,27)(H,28,31)(H,29,32). The first-order valence-corrected chi connectivity index (χ1v) is 11.5. The van der Waals surface area contributed by atoms with Crippen LogP contribution >= 0.6 is 11.8 Å². The molecule has 10 heteroatoms. The lowest BCUT2D eigenvalue weighted by atomic mass is 10.1. The molecule has 3 N–H and O–H groups in total. The molecule has 3 aromatic heterocycles. The Morgan fingerprint density at radius 2 is 1.79 bits per heavy atom. The lowest BCUT2D eigenvalue weighted by Gasteiger charge is -2.07. The maximum Gasteiger partial charge on any atom is 0.305 e. The van der Waals surface area contributed by atoms with Crippen molar-refractivity contribution < 1.29 is 14.0 Å². The third-order valence-corrected chi connectivity index (χ3v) is 5.96. The number of nitrogens with zero attached hydrogens (tertiary/aromatic N) is 3. The second-order valence-corrected chi connectivity index (χ2v) is 8.39. The van der Waals surface area contributed by atoms with E-state index < -0.39 is 11.8 Å². The van der Waals surface area contributed by atoms with Gasteiger partial charge in [0.15, 0.2) is 10.9 Å². The molecule has 5 rings (SSSR count). The number of benzene rings is 2. The molecule has 2 aromatic carbocycles. The highest BCUT2D eigenvalue weighted by atomic mass is 32.2. The number of hydrogen-bond acceptors (Lipinski definition) is 6. The van der Waals surface area contributed by atoms with Crippen molar-refractivity contribution >= 4 is 34.6 Å². The quantitative estimate of drug-likeness (QED) is 0.245. The molecule has 3 heterocycles. The molecule has 2 amide bonds. The fourth-order valence-corrected chi connectivity index (χ4v) is 4.13. The van der Waals surface area contributed by atoms with Gasteiger partial charge in [-0.05, 0) is 48.0 Å². The first-order valence-electron chi connectivity index (χ1n) is 10.5. The van der Waals surface area contributed by atoms with E-state index >= 15 is 0 Å². The molecule has 170 valence electrons. The Morgan fingerprint density at radius 3 is 2.59 bits per heavy atom. The van der Waals surface area contributed by atoms with Crippen LogP contribution < -0.4 is 10.9 Å². The van der Waals surface area contributed by atoms with Crippen LogP contribution in [0, 0.1) is 0 Å². The van der Waals surface area contributed by atoms with Crippen molar-refractivity contribution in [3.05, 3.63) is 102 Å². The fourth-order valence-electron chi connectivity index (χ4n) is 3.29. The normalized spacial score (nSPS) is 10.9. The summed E-state index contributed by atoms with van der Waals surface area (Å²) in [6, 6.07) is 20.1. The Labute approximate surface area is 198 Å². The summed E-state index contributed by atoms with van der Waals surface area (Å²) >= 11 is 1.59. The Balaban J connectivity index is 1.11. The minimum absolute atomic E-state index is 0.0976. The number of carbonyl (C=O) groups excluding carboxylic acids is 2. The average molecular weight is 473 g/mol. The van der Waals surface area contributed by atoms with Crippen molar-refractivity contribution in [3.8, 4) is 0 Å². The monoisotopic (exact) mass is 472 g/mol. The number of nitrogens with one attached hydrogen (secondary N) is 3. The van der Waals surface area contributed by atoms with E-state index in [1.807, 2.05) is 36.4 Å². The molecule has 34 heavy (non-hydrogen) atoms. The summed E-state index contributed by atoms with van der Waals surface area (Å²) < 4.78 is 7.20. The minimum Gasteiger partial charge on any atom is -0.454 e. The van der Waals surface area contributed by atoms with Gasteiger partial charge in [-0.1, -0.05) is 36.0 Å². The third-order valence-electron chi connectivity index (χ3n) is 5.01. The number of carbonyl (C=O) groups is 2. The van der Waals surface area contributed by atoms with Gasteiger partial charge in [-0.2, -0.15) is 5.10 Å². The molecule has 0 unspecified atom stereocenters. The molecule has 0 aliphatic carbocycles. The van der Waals surface area contributed by atoms with Gasteiger partial charge in [-0.25, -0.2) is 4.98 Å². The minimum atomic E-state index is -0.543. The van der Waals surface area contributed by atoms with Crippen molar-refractivity contribution in [2.24, 2.45) is 0 Å². The summed E-state index contributed by atoms with van der Waals surface area (Å²) in [5.41, 5.74) is 8.19. The van der Waals surface area contributed by atoms with Crippen LogP contribution in [0.2, 0.25) is 0 Å². The van der Waals surface area contributed by atoms with E-state index in [9.17, 15) is 9.59 Å². The number of para-hydroxylation sites is 2. The number of fused-ring (bicyclic) bond motifs is 1. The predicted molar refractivity (Wildman–Crippen MR) is 127 cm³/mol. The van der Waals surface area contributed by atoms with E-state index in [0.717, 1.165) is 21.8 Å². The first-order chi connectivity index (χ1) is 16.6. The van der Waals surface area contributed by atoms with Gasteiger partial charge in [-0.3, -0.25) is 25.1 Å². The summed E-state index contributed by atoms with van der Waals surface area (Å²) in [6.07, 6.45) is 3.46. The molecule has 0 saturated heterocycles. The zero-order valence-corrected chi connectivity index (χ0v) is 18.7. The molecule has 9 nitrogen and oxygen atoms in total. The topological polar surface area (TPSA) is 118 Å². The molecule has 0 fully saturated rings. The van der Waals surface area contributed by atoms with Crippen molar-refractivity contribution in [1.82, 2.24) is 30.6 Å². The summed E-state index contributed by atoms with van der Waals surface area (Å²) in [4.78, 5) is 32.5. The van der Waals surface area contributed by atoms with Gasteiger partial charge in [0.2, 0.25) is 0 Å². The number of imidazole rings is 1. The van der Waals surface area contributed by atoms with Crippen molar-refractivity contribution in [2.45, 2.75) is 17.5 Å². The Morgan fingerprint density at radius 1 is 0.971 bits per heavy atom. The average Bonchev–Trinajstić information content (AvgIpc) is 3.62. The van der Waals surface area contributed by atoms with Gasteiger partial charge in [0.05, 0.1) is 17.6 Å². The van der Waals surface area contributed by atoms with Crippen LogP contribution in [0.4, 0.5) is 0 Å². The van der Waals surface area contributed by atoms with Gasteiger partial charge < -0.3 is 9.40 Å². The highest BCUT2D eigenvalue weighted by Gasteiger charge is 2.13. The van der Waals surface area contributed by atoms with Gasteiger partial charge in [0.1, 0.15) is 5.76 Å². The number of hydrazine groups is 1. The zero-order chi connectivity index (χ0) is 23.3. The van der Waals surface area contributed by atoms with E-state index in [1.165, 1.54) is 0 Å². The maximum atomic E-state index is 12.4. The van der Waals surface area contributed by atoms with Crippen molar-refractivity contribution in [3.63, 3.8) is 0 Å². The molecule has 5 aromatic rings. The molecule has 0 atom stereocenters. The van der Waals surface area contributed by atoms with Crippen LogP contribution in [-0.4, -0.2) is 31.6 Å². The molecule has 0 saturated carbocycles. The third kappa shape index (κ3) is 5.02. The van der Waals surface area contributed by atoms with E-state index in [-0.39, 0.29) is 5.76 Å². The molecule has 0 aliphatic rings. The van der Waals surface area contributed by atoms with E-state index in [1.54, 1.807) is 59.2 Å². The number of hydrogen-bond donors (Lipinski definition) is 3. The van der Waals surface area contributed by atoms with Crippen molar-refractivity contribution in [1.29, 1.82) is 0 Å². The number of amides is 2. The van der Waals surface area contributed by atoms with E-state index in [4.69, 9.17) is 4.42 Å². The Kier molecular flexibility index (Phi) is 6.13. The number of thioether (sulfide) groups is 1. The van der Waals surface area contributed by atoms with Crippen molar-refractivity contribution in [2.75, 3.05) is 0 Å². The largest absolute Gasteiger partial charge is 0.454 e. The van der Waals surface area contributed by atoms with Crippen LogP contribution in [0.15, 0.2) is 88.7 Å². The summed E-state index contributed by atoms with van der Waals surface area (Å²) in [5.74, 6) is 0.418. The van der Waals surface area contributed by atoms with E-state index in [2.05, 4.69) is 25.9 Å². The number of H-pyrrole nitrogens is 1. The zero-order valence-electron chi connectivity index (χ0n) is 17.9. The Bertz CT molecular complexity index is 1390. The lowest BCUT2D eigenvalue weighted by Crippen LogP contribution is -2.41. The molecule has 0 spiro atoms. The molecular weight excluding hydrogens is 452 g/mol. The van der Waals surface area contributed by atoms with Crippen LogP contribution in [0.1, 0.15) is 32.2 Å². The van der Waals surface area contributed by atoms with Crippen LogP contribution in [-0.2, 0) is 12.3 Å². The van der Waals surface area contributed by atoms with Gasteiger partial charge >= 0.3 is 5.91 Å². The van der Waals surface area contributed by atoms with E-state index in [0.29, 0.717) is 23.6 Å². The number of rotatable bonds is 7. The van der Waals surface area contributed by atoms with Crippen LogP contribution in [0.3, 0.4) is 0 Å². The first kappa shape index (κ1) is 21.5. The highest BCUT2D eigenvalue weighted by Crippen LogP contribution is 2.23. The SMILES string of the molecule is O=C(NNC(=O)c1ccc(Cn2cccn2)o1)c1ccc(CSc2nc3ccccc3[nH]2)cc1. The number of furan rings is 1. The highest BCUT2D eigenvalue weighted by molar-refractivity contribution is 7.98.